The van der Waals surface area contributed by atoms with Crippen molar-refractivity contribution in [3.63, 3.8) is 0 Å². The van der Waals surface area contributed by atoms with Gasteiger partial charge in [-0.15, -0.1) is 11.3 Å². The van der Waals surface area contributed by atoms with Gasteiger partial charge >= 0.3 is 0 Å². The highest BCUT2D eigenvalue weighted by atomic mass is 32.2. The van der Waals surface area contributed by atoms with E-state index >= 15 is 0 Å². The fourth-order valence-corrected chi connectivity index (χ4v) is 11.1. The highest BCUT2D eigenvalue weighted by Crippen LogP contribution is 2.30. The molecule has 5 aromatic rings. The SMILES string of the molecule is Cc1cnc(Nc2ccc(N3CCN(C(=O)COCCOCCOCC(=O)N[C@H](C(=O)N4C[C@H](O)C[C@H]4C(=O)NCc4ccc(-c5scnc5C)cc4)C(C)(C)C)CC3)cc2)nc1Nc1cccc(S(=O)(=O)NC(C)(C)C)c1. The lowest BCUT2D eigenvalue weighted by molar-refractivity contribution is -0.144. The molecule has 4 amide bonds. The van der Waals surface area contributed by atoms with Crippen LogP contribution < -0.4 is 30.9 Å². The molecule has 0 aliphatic carbocycles. The lowest BCUT2D eigenvalue weighted by Gasteiger charge is -2.36. The van der Waals surface area contributed by atoms with E-state index in [0.717, 1.165) is 38.6 Å². The van der Waals surface area contributed by atoms with Crippen LogP contribution in [0, 0.1) is 19.3 Å². The molecular formula is C55H73N11O10S2. The molecule has 7 rings (SSSR count). The standard InChI is InChI=1S/C55H73N11O10S2/c1-36-30-57-53(62-50(36)59-41-10-9-11-44(28-41)78(72,73)63-55(6,7)8)60-40-16-18-42(19-17-40)64-20-22-65(23-21-64)47(69)34-76-27-25-74-24-26-75-33-46(68)61-49(54(3,4)5)52(71)66-32-43(67)29-45(66)51(70)56-31-38-12-14-39(15-13-38)48-37(2)58-35-77-48/h9-19,28,30,35,43,45,49,63,67H,20-27,29,31-34H2,1-8H3,(H,56,70)(H,61,68)(H2,57,59,60,62)/t43-,45+,49-/m1/s1. The number of aryl methyl sites for hydroxylation is 2. The number of benzene rings is 3. The number of carbonyl (C=O) groups excluding carboxylic acids is 4. The highest BCUT2D eigenvalue weighted by molar-refractivity contribution is 7.89. The van der Waals surface area contributed by atoms with Gasteiger partial charge in [0.25, 0.3) is 0 Å². The van der Waals surface area contributed by atoms with E-state index in [1.807, 2.05) is 83.1 Å². The second-order valence-electron chi connectivity index (χ2n) is 21.4. The quantitative estimate of drug-likeness (QED) is 0.0454. The van der Waals surface area contributed by atoms with Crippen LogP contribution in [0.5, 0.6) is 0 Å². The maximum absolute atomic E-state index is 14.0. The van der Waals surface area contributed by atoms with E-state index in [1.54, 1.807) is 73.0 Å². The van der Waals surface area contributed by atoms with E-state index in [2.05, 4.69) is 45.8 Å². The zero-order valence-electron chi connectivity index (χ0n) is 45.6. The topological polar surface area (TPSA) is 259 Å². The van der Waals surface area contributed by atoms with E-state index in [-0.39, 0.29) is 75.9 Å². The maximum atomic E-state index is 14.0. The van der Waals surface area contributed by atoms with Crippen molar-refractivity contribution >= 4 is 73.8 Å². The molecule has 2 fully saturated rings. The lowest BCUT2D eigenvalue weighted by Crippen LogP contribution is -2.58. The van der Waals surface area contributed by atoms with Crippen LogP contribution in [0.3, 0.4) is 0 Å². The number of amides is 4. The van der Waals surface area contributed by atoms with E-state index in [1.165, 1.54) is 4.90 Å². The minimum atomic E-state index is -3.73. The molecule has 78 heavy (non-hydrogen) atoms. The first-order valence-electron chi connectivity index (χ1n) is 26.0. The van der Waals surface area contributed by atoms with Crippen LogP contribution >= 0.6 is 11.3 Å². The van der Waals surface area contributed by atoms with E-state index in [4.69, 9.17) is 14.2 Å². The number of ether oxygens (including phenoxy) is 3. The molecule has 4 heterocycles. The fraction of sp³-hybridized carbons (Fsp3) is 0.473. The molecule has 6 N–H and O–H groups in total. The third-order valence-electron chi connectivity index (χ3n) is 12.9. The van der Waals surface area contributed by atoms with Crippen molar-refractivity contribution in [2.45, 2.75) is 97.0 Å². The number of thiazole rings is 1. The number of likely N-dealkylation sites (tertiary alicyclic amines) is 1. The Labute approximate surface area is 460 Å². The molecule has 0 radical (unpaired) electrons. The number of nitrogens with zero attached hydrogens (tertiary/aromatic N) is 6. The number of carbonyl (C=O) groups is 4. The van der Waals surface area contributed by atoms with Crippen molar-refractivity contribution in [3.8, 4) is 10.4 Å². The first-order valence-corrected chi connectivity index (χ1v) is 28.3. The molecule has 420 valence electrons. The number of β-amino-alcohol motifs (C(OH)–C–C–N with tert-alkyl or cyclic N) is 1. The van der Waals surface area contributed by atoms with Gasteiger partial charge in [-0.05, 0) is 93.6 Å². The van der Waals surface area contributed by atoms with Gasteiger partial charge in [-0.3, -0.25) is 19.2 Å². The Kier molecular flexibility index (Phi) is 20.0. The van der Waals surface area contributed by atoms with E-state index in [9.17, 15) is 32.7 Å². The fourth-order valence-electron chi connectivity index (χ4n) is 8.80. The predicted octanol–water partition coefficient (Wildman–Crippen LogP) is 5.29. The number of hydrogen-bond acceptors (Lipinski definition) is 17. The first-order chi connectivity index (χ1) is 37.0. The summed E-state index contributed by atoms with van der Waals surface area (Å²) in [6.07, 6.45) is 0.876. The number of aliphatic hydroxyl groups excluding tert-OH is 1. The van der Waals surface area contributed by atoms with Crippen LogP contribution in [0.1, 0.15) is 64.8 Å². The Hall–Kier alpha value is -6.60. The molecule has 0 bridgehead atoms. The Balaban J connectivity index is 0.757. The molecule has 23 heteroatoms. The molecule has 3 atom stereocenters. The van der Waals surface area contributed by atoms with Gasteiger partial charge in [0.15, 0.2) is 0 Å². The summed E-state index contributed by atoms with van der Waals surface area (Å²) in [7, 11) is -3.73. The average Bonchev–Trinajstić information content (AvgIpc) is 4.02. The van der Waals surface area contributed by atoms with Gasteiger partial charge < -0.3 is 55.3 Å². The van der Waals surface area contributed by atoms with Gasteiger partial charge in [-0.2, -0.15) is 4.98 Å². The van der Waals surface area contributed by atoms with Crippen molar-refractivity contribution in [3.05, 3.63) is 101 Å². The maximum Gasteiger partial charge on any atom is 0.248 e. The second kappa shape index (κ2) is 26.4. The Morgan fingerprint density at radius 3 is 2.15 bits per heavy atom. The largest absolute Gasteiger partial charge is 0.391 e. The minimum Gasteiger partial charge on any atom is -0.391 e. The molecular weight excluding hydrogens is 1040 g/mol. The van der Waals surface area contributed by atoms with Gasteiger partial charge in [0, 0.05) is 80.1 Å². The zero-order valence-corrected chi connectivity index (χ0v) is 47.3. The summed E-state index contributed by atoms with van der Waals surface area (Å²) < 4.78 is 45.3. The smallest absolute Gasteiger partial charge is 0.248 e. The van der Waals surface area contributed by atoms with Crippen LogP contribution in [-0.4, -0.2) is 158 Å². The molecule has 0 unspecified atom stereocenters. The molecule has 2 aliphatic rings. The van der Waals surface area contributed by atoms with Crippen molar-refractivity contribution in [1.29, 1.82) is 0 Å². The van der Waals surface area contributed by atoms with E-state index < -0.39 is 51.0 Å². The van der Waals surface area contributed by atoms with Crippen LogP contribution in [0.15, 0.2) is 89.4 Å². The summed E-state index contributed by atoms with van der Waals surface area (Å²) >= 11 is 1.56. The molecule has 0 saturated carbocycles. The molecule has 0 spiro atoms. The first kappa shape index (κ1) is 59.1. The van der Waals surface area contributed by atoms with Crippen LogP contribution in [0.25, 0.3) is 10.4 Å². The summed E-state index contributed by atoms with van der Waals surface area (Å²) in [5.74, 6) is -0.591. The van der Waals surface area contributed by atoms with Gasteiger partial charge in [0.1, 0.15) is 31.1 Å². The molecule has 2 aromatic heterocycles. The molecule has 3 aromatic carbocycles. The third-order valence-corrected chi connectivity index (χ3v) is 15.6. The monoisotopic (exact) mass is 1110 g/mol. The molecule has 2 saturated heterocycles. The van der Waals surface area contributed by atoms with Gasteiger partial charge in [-0.1, -0.05) is 51.1 Å². The van der Waals surface area contributed by atoms with Crippen LogP contribution in [-0.2, 0) is 50.0 Å². The number of hydrogen-bond donors (Lipinski definition) is 6. The van der Waals surface area contributed by atoms with E-state index in [0.29, 0.717) is 43.6 Å². The number of aromatic nitrogens is 3. The normalized spacial score (nSPS) is 16.4. The summed E-state index contributed by atoms with van der Waals surface area (Å²) in [6.45, 7) is 17.5. The number of aliphatic hydroxyl groups is 1. The van der Waals surface area contributed by atoms with Crippen molar-refractivity contribution in [1.82, 2.24) is 40.1 Å². The summed E-state index contributed by atoms with van der Waals surface area (Å²) in [4.78, 5) is 73.4. The Morgan fingerprint density at radius 1 is 0.821 bits per heavy atom. The summed E-state index contributed by atoms with van der Waals surface area (Å²) in [6, 6.07) is 20.3. The summed E-state index contributed by atoms with van der Waals surface area (Å²) in [5, 5.41) is 22.7. The number of sulfonamides is 1. The van der Waals surface area contributed by atoms with Gasteiger partial charge in [-0.25, -0.2) is 23.1 Å². The molecule has 21 nitrogen and oxygen atoms in total. The van der Waals surface area contributed by atoms with Gasteiger partial charge in [0.2, 0.25) is 39.6 Å². The summed E-state index contributed by atoms with van der Waals surface area (Å²) in [5.41, 5.74) is 6.44. The Bertz CT molecular complexity index is 2960. The predicted molar refractivity (Wildman–Crippen MR) is 299 cm³/mol. The molecule has 2 aliphatic heterocycles. The average molecular weight is 1110 g/mol. The number of rotatable bonds is 23. The third kappa shape index (κ3) is 16.7. The van der Waals surface area contributed by atoms with Gasteiger partial charge in [0.05, 0.1) is 53.5 Å². The second-order valence-corrected chi connectivity index (χ2v) is 24.0. The van der Waals surface area contributed by atoms with Crippen molar-refractivity contribution < 1.29 is 46.9 Å². The van der Waals surface area contributed by atoms with Crippen molar-refractivity contribution in [2.24, 2.45) is 5.41 Å². The minimum absolute atomic E-state index is 0.0355. The lowest BCUT2D eigenvalue weighted by atomic mass is 9.85. The number of nitrogens with one attached hydrogen (secondary N) is 5. The highest BCUT2D eigenvalue weighted by Gasteiger charge is 2.44. The van der Waals surface area contributed by atoms with Crippen molar-refractivity contribution in [2.75, 3.05) is 87.9 Å². The van der Waals surface area contributed by atoms with Crippen LogP contribution in [0.2, 0.25) is 0 Å². The number of piperazine rings is 1. The zero-order chi connectivity index (χ0) is 56.2. The Morgan fingerprint density at radius 2 is 1.50 bits per heavy atom. The van der Waals surface area contributed by atoms with Crippen LogP contribution in [0.4, 0.5) is 28.8 Å². The number of anilines is 5.